The van der Waals surface area contributed by atoms with Crippen LogP contribution >= 0.6 is 0 Å². The zero-order chi connectivity index (χ0) is 11.0. The first-order valence-electron chi connectivity index (χ1n) is 6.66. The lowest BCUT2D eigenvalue weighted by atomic mass is 9.80. The van der Waals surface area contributed by atoms with Crippen LogP contribution in [0.2, 0.25) is 0 Å². The lowest BCUT2D eigenvalue weighted by Gasteiger charge is -2.29. The van der Waals surface area contributed by atoms with E-state index in [4.69, 9.17) is 0 Å². The van der Waals surface area contributed by atoms with Crippen molar-refractivity contribution in [3.8, 4) is 0 Å². The largest absolute Gasteiger partial charge is 0.314 e. The lowest BCUT2D eigenvalue weighted by Crippen LogP contribution is -2.36. The molecule has 2 saturated carbocycles. The molecule has 0 amide bonds. The fourth-order valence-corrected chi connectivity index (χ4v) is 3.74. The predicted octanol–water partition coefficient (Wildman–Crippen LogP) is 3.11. The maximum atomic E-state index is 3.67. The van der Waals surface area contributed by atoms with Crippen LogP contribution in [0.3, 0.4) is 0 Å². The Kier molecular flexibility index (Phi) is 2.51. The molecule has 1 aromatic rings. The summed E-state index contributed by atoms with van der Waals surface area (Å²) in [6, 6.07) is 11.9. The van der Waals surface area contributed by atoms with E-state index in [0.29, 0.717) is 5.41 Å². The van der Waals surface area contributed by atoms with Crippen LogP contribution in [0.15, 0.2) is 30.3 Å². The van der Waals surface area contributed by atoms with E-state index in [1.807, 2.05) is 0 Å². The topological polar surface area (TPSA) is 12.0 Å². The molecule has 1 aromatic carbocycles. The first kappa shape index (κ1) is 10.3. The Balaban J connectivity index is 1.82. The van der Waals surface area contributed by atoms with Gasteiger partial charge in [0.25, 0.3) is 0 Å². The summed E-state index contributed by atoms with van der Waals surface area (Å²) in [4.78, 5) is 0. The molecule has 0 heterocycles. The Bertz CT molecular complexity index is 357. The first-order valence-corrected chi connectivity index (χ1v) is 6.66. The van der Waals surface area contributed by atoms with Crippen molar-refractivity contribution in [1.29, 1.82) is 0 Å². The highest BCUT2D eigenvalue weighted by atomic mass is 14.9. The molecule has 0 spiro atoms. The molecule has 0 saturated heterocycles. The molecule has 3 unspecified atom stereocenters. The van der Waals surface area contributed by atoms with Crippen molar-refractivity contribution in [1.82, 2.24) is 5.32 Å². The molecule has 1 N–H and O–H groups in total. The SMILES string of the molecule is CCNC1CCCC2(c3ccccc3)CC12. The highest BCUT2D eigenvalue weighted by Gasteiger charge is 2.59. The number of nitrogens with one attached hydrogen (secondary N) is 1. The molecular weight excluding hydrogens is 194 g/mol. The Hall–Kier alpha value is -0.820. The minimum atomic E-state index is 0.548. The van der Waals surface area contributed by atoms with Gasteiger partial charge in [0.05, 0.1) is 0 Å². The van der Waals surface area contributed by atoms with Gasteiger partial charge in [-0.1, -0.05) is 43.7 Å². The van der Waals surface area contributed by atoms with Crippen molar-refractivity contribution in [3.05, 3.63) is 35.9 Å². The third kappa shape index (κ3) is 1.49. The quantitative estimate of drug-likeness (QED) is 0.817. The monoisotopic (exact) mass is 215 g/mol. The summed E-state index contributed by atoms with van der Waals surface area (Å²) in [5.41, 5.74) is 2.13. The standard InChI is InChI=1S/C15H21N/c1-2-16-14-9-6-10-15(11-13(14)15)12-7-4-3-5-8-12/h3-5,7-8,13-14,16H,2,6,9-11H2,1H3. The molecule has 2 aliphatic carbocycles. The molecule has 1 heteroatoms. The van der Waals surface area contributed by atoms with Crippen LogP contribution in [0.1, 0.15) is 38.2 Å². The number of rotatable bonds is 3. The molecule has 3 atom stereocenters. The summed E-state index contributed by atoms with van der Waals surface area (Å²) in [6.07, 6.45) is 5.59. The third-order valence-corrected chi connectivity index (χ3v) is 4.57. The van der Waals surface area contributed by atoms with Gasteiger partial charge in [0.1, 0.15) is 0 Å². The van der Waals surface area contributed by atoms with E-state index in [1.54, 1.807) is 5.56 Å². The predicted molar refractivity (Wildman–Crippen MR) is 67.5 cm³/mol. The molecule has 3 rings (SSSR count). The van der Waals surface area contributed by atoms with Crippen molar-refractivity contribution in [2.24, 2.45) is 5.92 Å². The van der Waals surface area contributed by atoms with Crippen molar-refractivity contribution in [2.75, 3.05) is 6.54 Å². The molecule has 2 aliphatic rings. The van der Waals surface area contributed by atoms with Crippen molar-refractivity contribution in [3.63, 3.8) is 0 Å². The summed E-state index contributed by atoms with van der Waals surface area (Å²) in [6.45, 7) is 3.34. The number of hydrogen-bond acceptors (Lipinski definition) is 1. The summed E-state index contributed by atoms with van der Waals surface area (Å²) in [5.74, 6) is 0.906. The van der Waals surface area contributed by atoms with Crippen LogP contribution < -0.4 is 5.32 Å². The van der Waals surface area contributed by atoms with Gasteiger partial charge in [-0.15, -0.1) is 0 Å². The first-order chi connectivity index (χ1) is 7.87. The van der Waals surface area contributed by atoms with Gasteiger partial charge in [0.15, 0.2) is 0 Å². The highest BCUT2D eigenvalue weighted by Crippen LogP contribution is 2.62. The number of hydrogen-bond donors (Lipinski definition) is 1. The number of fused-ring (bicyclic) bond motifs is 1. The lowest BCUT2D eigenvalue weighted by molar-refractivity contribution is 0.333. The maximum absolute atomic E-state index is 3.67. The van der Waals surface area contributed by atoms with Gasteiger partial charge in [-0.25, -0.2) is 0 Å². The van der Waals surface area contributed by atoms with Gasteiger partial charge in [0, 0.05) is 6.04 Å². The van der Waals surface area contributed by atoms with Gasteiger partial charge < -0.3 is 5.32 Å². The molecule has 0 aliphatic heterocycles. The van der Waals surface area contributed by atoms with Gasteiger partial charge in [0.2, 0.25) is 0 Å². The maximum Gasteiger partial charge on any atom is 0.0104 e. The summed E-state index contributed by atoms with van der Waals surface area (Å²) < 4.78 is 0. The van der Waals surface area contributed by atoms with E-state index in [0.717, 1.165) is 18.5 Å². The fraction of sp³-hybridized carbons (Fsp3) is 0.600. The molecule has 0 aromatic heterocycles. The smallest absolute Gasteiger partial charge is 0.0104 e. The van der Waals surface area contributed by atoms with E-state index in [1.165, 1.54) is 25.7 Å². The van der Waals surface area contributed by atoms with E-state index in [2.05, 4.69) is 42.6 Å². The van der Waals surface area contributed by atoms with Gasteiger partial charge in [-0.2, -0.15) is 0 Å². The van der Waals surface area contributed by atoms with Gasteiger partial charge >= 0.3 is 0 Å². The van der Waals surface area contributed by atoms with E-state index < -0.39 is 0 Å². The van der Waals surface area contributed by atoms with Crippen LogP contribution in [-0.4, -0.2) is 12.6 Å². The Labute approximate surface area is 98.3 Å². The molecule has 86 valence electrons. The normalized spacial score (nSPS) is 36.8. The van der Waals surface area contributed by atoms with E-state index in [9.17, 15) is 0 Å². The van der Waals surface area contributed by atoms with Crippen LogP contribution in [0.4, 0.5) is 0 Å². The average molecular weight is 215 g/mol. The second-order valence-corrected chi connectivity index (χ2v) is 5.39. The van der Waals surface area contributed by atoms with Crippen LogP contribution in [0, 0.1) is 5.92 Å². The summed E-state index contributed by atoms with van der Waals surface area (Å²) in [7, 11) is 0. The number of benzene rings is 1. The van der Waals surface area contributed by atoms with Gasteiger partial charge in [-0.3, -0.25) is 0 Å². The minimum Gasteiger partial charge on any atom is -0.314 e. The zero-order valence-corrected chi connectivity index (χ0v) is 10.1. The van der Waals surface area contributed by atoms with E-state index >= 15 is 0 Å². The molecule has 0 radical (unpaired) electrons. The summed E-state index contributed by atoms with van der Waals surface area (Å²) >= 11 is 0. The van der Waals surface area contributed by atoms with Crippen LogP contribution in [0.5, 0.6) is 0 Å². The summed E-state index contributed by atoms with van der Waals surface area (Å²) in [5, 5.41) is 3.67. The molecular formula is C15H21N. The van der Waals surface area contributed by atoms with Crippen LogP contribution in [0.25, 0.3) is 0 Å². The van der Waals surface area contributed by atoms with Crippen molar-refractivity contribution in [2.45, 2.75) is 44.1 Å². The molecule has 2 fully saturated rings. The Morgan fingerprint density at radius 3 is 2.88 bits per heavy atom. The van der Waals surface area contributed by atoms with Crippen LogP contribution in [-0.2, 0) is 5.41 Å². The molecule has 16 heavy (non-hydrogen) atoms. The average Bonchev–Trinajstić information content (AvgIpc) is 3.08. The van der Waals surface area contributed by atoms with Crippen molar-refractivity contribution < 1.29 is 0 Å². The van der Waals surface area contributed by atoms with E-state index in [-0.39, 0.29) is 0 Å². The molecule has 1 nitrogen and oxygen atoms in total. The molecule has 0 bridgehead atoms. The second kappa shape index (κ2) is 3.89. The zero-order valence-electron chi connectivity index (χ0n) is 10.1. The Morgan fingerprint density at radius 2 is 2.12 bits per heavy atom. The van der Waals surface area contributed by atoms with Crippen molar-refractivity contribution >= 4 is 0 Å². The Morgan fingerprint density at radius 1 is 1.31 bits per heavy atom. The third-order valence-electron chi connectivity index (χ3n) is 4.57. The van der Waals surface area contributed by atoms with Gasteiger partial charge in [-0.05, 0) is 42.7 Å². The fourth-order valence-electron chi connectivity index (χ4n) is 3.74. The minimum absolute atomic E-state index is 0.548. The second-order valence-electron chi connectivity index (χ2n) is 5.39. The highest BCUT2D eigenvalue weighted by molar-refractivity contribution is 5.35.